The third-order valence-corrected chi connectivity index (χ3v) is 2.31. The van der Waals surface area contributed by atoms with Gasteiger partial charge in [-0.05, 0) is 11.1 Å². The summed E-state index contributed by atoms with van der Waals surface area (Å²) in [7, 11) is 1.55. The van der Waals surface area contributed by atoms with Gasteiger partial charge >= 0.3 is 0 Å². The van der Waals surface area contributed by atoms with Crippen molar-refractivity contribution in [2.45, 2.75) is 6.42 Å². The maximum Gasteiger partial charge on any atom is 0.284 e. The number of methoxy groups -OCH3 is 1. The highest BCUT2D eigenvalue weighted by atomic mass is 16.7. The van der Waals surface area contributed by atoms with Gasteiger partial charge in [0.1, 0.15) is 0 Å². The molecular weight excluding hydrogens is 250 g/mol. The lowest BCUT2D eigenvalue weighted by Crippen LogP contribution is -2.10. The van der Waals surface area contributed by atoms with E-state index in [0.717, 1.165) is 11.1 Å². The van der Waals surface area contributed by atoms with Crippen molar-refractivity contribution in [3.05, 3.63) is 52.0 Å². The maximum atomic E-state index is 10.2. The van der Waals surface area contributed by atoms with Crippen molar-refractivity contribution < 1.29 is 9.77 Å². The zero-order chi connectivity index (χ0) is 13.7. The number of anilines is 1. The van der Waals surface area contributed by atoms with E-state index in [1.807, 2.05) is 11.5 Å². The van der Waals surface area contributed by atoms with Crippen molar-refractivity contribution in [2.75, 3.05) is 12.5 Å². The van der Waals surface area contributed by atoms with Crippen LogP contribution in [0.2, 0.25) is 0 Å². The van der Waals surface area contributed by atoms with E-state index in [4.69, 9.17) is 4.74 Å². The summed E-state index contributed by atoms with van der Waals surface area (Å²) in [5.74, 6) is 0.507. The number of hydrazine groups is 1. The van der Waals surface area contributed by atoms with Crippen molar-refractivity contribution in [1.82, 2.24) is 15.0 Å². The van der Waals surface area contributed by atoms with E-state index in [1.54, 1.807) is 19.4 Å². The van der Waals surface area contributed by atoms with Crippen molar-refractivity contribution in [1.29, 1.82) is 0 Å². The van der Waals surface area contributed by atoms with Crippen LogP contribution in [-0.4, -0.2) is 27.1 Å². The van der Waals surface area contributed by atoms with Crippen LogP contribution < -0.4 is 10.2 Å². The molecule has 0 atom stereocenters. The molecule has 0 amide bonds. The molecule has 19 heavy (non-hydrogen) atoms. The fourth-order valence-electron chi connectivity index (χ4n) is 1.46. The molecule has 98 valence electrons. The van der Waals surface area contributed by atoms with Crippen molar-refractivity contribution in [3.63, 3.8) is 0 Å². The number of pyridine rings is 1. The second-order valence-electron chi connectivity index (χ2n) is 3.67. The summed E-state index contributed by atoms with van der Waals surface area (Å²) in [4.78, 5) is 22.0. The minimum atomic E-state index is -0.706. The zero-order valence-electron chi connectivity index (χ0n) is 10.1. The van der Waals surface area contributed by atoms with Gasteiger partial charge in [0.05, 0.1) is 7.11 Å². The van der Waals surface area contributed by atoms with Gasteiger partial charge in [-0.15, -0.1) is 0 Å². The van der Waals surface area contributed by atoms with Gasteiger partial charge in [0, 0.05) is 31.1 Å². The highest BCUT2D eigenvalue weighted by Gasteiger charge is 2.03. The van der Waals surface area contributed by atoms with Gasteiger partial charge in [-0.2, -0.15) is 0 Å². The molecule has 0 unspecified atom stereocenters. The first-order valence-corrected chi connectivity index (χ1v) is 5.38. The molecule has 1 N–H and O–H groups in total. The van der Waals surface area contributed by atoms with Gasteiger partial charge in [0.2, 0.25) is 5.88 Å². The number of nitro groups is 1. The first kappa shape index (κ1) is 12.7. The molecule has 2 aromatic rings. The van der Waals surface area contributed by atoms with Crippen LogP contribution in [-0.2, 0) is 6.42 Å². The van der Waals surface area contributed by atoms with Crippen LogP contribution in [0.3, 0.4) is 0 Å². The minimum Gasteiger partial charge on any atom is -0.481 e. The highest BCUT2D eigenvalue weighted by molar-refractivity contribution is 5.26. The van der Waals surface area contributed by atoms with E-state index in [9.17, 15) is 10.1 Å². The molecule has 2 heterocycles. The Labute approximate surface area is 108 Å². The van der Waals surface area contributed by atoms with Crippen LogP contribution in [0.1, 0.15) is 11.1 Å². The number of ether oxygens (including phenoxy) is 1. The smallest absolute Gasteiger partial charge is 0.284 e. The lowest BCUT2D eigenvalue weighted by atomic mass is 10.1. The number of hydrogen-bond acceptors (Lipinski definition) is 6. The normalized spacial score (nSPS) is 9.95. The number of aromatic nitrogens is 3. The Morgan fingerprint density at radius 2 is 1.89 bits per heavy atom. The SMILES string of the molecule is COc1ccc(Cc2cnc(N[N+](=O)[O-])nc2)cn1. The van der Waals surface area contributed by atoms with E-state index >= 15 is 0 Å². The van der Waals surface area contributed by atoms with Crippen LogP contribution in [0.25, 0.3) is 0 Å². The van der Waals surface area contributed by atoms with Gasteiger partial charge in [-0.3, -0.25) is 0 Å². The maximum absolute atomic E-state index is 10.2. The largest absolute Gasteiger partial charge is 0.481 e. The Hall–Kier alpha value is -2.77. The van der Waals surface area contributed by atoms with Crippen LogP contribution in [0.15, 0.2) is 30.7 Å². The molecule has 0 fully saturated rings. The summed E-state index contributed by atoms with van der Waals surface area (Å²) in [5, 5.41) is 9.49. The second kappa shape index (κ2) is 5.71. The second-order valence-corrected chi connectivity index (χ2v) is 3.67. The lowest BCUT2D eigenvalue weighted by molar-refractivity contribution is -0.446. The minimum absolute atomic E-state index is 0.0402. The van der Waals surface area contributed by atoms with Gasteiger partial charge in [0.15, 0.2) is 5.03 Å². The van der Waals surface area contributed by atoms with E-state index in [1.165, 1.54) is 12.4 Å². The Kier molecular flexibility index (Phi) is 3.81. The predicted octanol–water partition coefficient (Wildman–Crippen LogP) is 1.07. The summed E-state index contributed by atoms with van der Waals surface area (Å²) in [6.07, 6.45) is 5.35. The number of hydrogen-bond donors (Lipinski definition) is 1. The molecule has 0 saturated carbocycles. The average molecular weight is 261 g/mol. The Bertz CT molecular complexity index is 556. The summed E-state index contributed by atoms with van der Waals surface area (Å²) in [5.41, 5.74) is 3.69. The van der Waals surface area contributed by atoms with Crippen molar-refractivity contribution >= 4 is 5.95 Å². The molecule has 0 aliphatic rings. The lowest BCUT2D eigenvalue weighted by Gasteiger charge is -2.03. The Balaban J connectivity index is 2.04. The third kappa shape index (κ3) is 3.60. The van der Waals surface area contributed by atoms with Gasteiger partial charge < -0.3 is 4.74 Å². The average Bonchev–Trinajstić information content (AvgIpc) is 2.41. The number of nitrogens with zero attached hydrogens (tertiary/aromatic N) is 4. The van der Waals surface area contributed by atoms with E-state index in [0.29, 0.717) is 12.3 Å². The summed E-state index contributed by atoms with van der Waals surface area (Å²) in [6.45, 7) is 0. The molecule has 0 saturated heterocycles. The predicted molar refractivity (Wildman–Crippen MR) is 66.2 cm³/mol. The van der Waals surface area contributed by atoms with E-state index in [2.05, 4.69) is 15.0 Å². The fraction of sp³-hybridized carbons (Fsp3) is 0.182. The van der Waals surface area contributed by atoms with Crippen LogP contribution >= 0.6 is 0 Å². The molecule has 0 spiro atoms. The molecule has 8 nitrogen and oxygen atoms in total. The summed E-state index contributed by atoms with van der Waals surface area (Å²) < 4.78 is 4.96. The Morgan fingerprint density at radius 1 is 1.21 bits per heavy atom. The fourth-order valence-corrected chi connectivity index (χ4v) is 1.46. The molecule has 8 heteroatoms. The topological polar surface area (TPSA) is 103 Å². The van der Waals surface area contributed by atoms with Gasteiger partial charge in [0.25, 0.3) is 5.95 Å². The third-order valence-electron chi connectivity index (χ3n) is 2.31. The molecule has 0 bridgehead atoms. The molecule has 0 aromatic carbocycles. The summed E-state index contributed by atoms with van der Waals surface area (Å²) in [6, 6.07) is 3.65. The molecule has 0 radical (unpaired) electrons. The monoisotopic (exact) mass is 261 g/mol. The molecule has 2 rings (SSSR count). The zero-order valence-corrected chi connectivity index (χ0v) is 10.1. The van der Waals surface area contributed by atoms with E-state index < -0.39 is 5.03 Å². The quantitative estimate of drug-likeness (QED) is 0.634. The summed E-state index contributed by atoms with van der Waals surface area (Å²) >= 11 is 0. The number of rotatable bonds is 5. The number of nitrogens with one attached hydrogen (secondary N) is 1. The highest BCUT2D eigenvalue weighted by Crippen LogP contribution is 2.11. The van der Waals surface area contributed by atoms with Crippen molar-refractivity contribution in [2.24, 2.45) is 0 Å². The van der Waals surface area contributed by atoms with Crippen LogP contribution in [0.4, 0.5) is 5.95 Å². The van der Waals surface area contributed by atoms with Crippen LogP contribution in [0.5, 0.6) is 5.88 Å². The van der Waals surface area contributed by atoms with Gasteiger partial charge in [-0.25, -0.2) is 25.1 Å². The van der Waals surface area contributed by atoms with Gasteiger partial charge in [-0.1, -0.05) is 11.5 Å². The first-order chi connectivity index (χ1) is 9.17. The van der Waals surface area contributed by atoms with Crippen molar-refractivity contribution in [3.8, 4) is 5.88 Å². The standard InChI is InChI=1S/C11H11N5O3/c1-19-10-3-2-8(5-12-10)4-9-6-13-11(14-7-9)15-16(17)18/h2-3,5-7H,4H2,1H3,(H,13,14,15). The Morgan fingerprint density at radius 3 is 2.42 bits per heavy atom. The van der Waals surface area contributed by atoms with Crippen LogP contribution in [0, 0.1) is 10.1 Å². The molecular formula is C11H11N5O3. The molecule has 0 aliphatic carbocycles. The molecule has 2 aromatic heterocycles. The first-order valence-electron chi connectivity index (χ1n) is 5.38. The van der Waals surface area contributed by atoms with E-state index in [-0.39, 0.29) is 5.95 Å². The molecule has 0 aliphatic heterocycles.